The molecule has 4 nitrogen and oxygen atoms in total. The van der Waals surface area contributed by atoms with Gasteiger partial charge in [0.2, 0.25) is 10.0 Å². The lowest BCUT2D eigenvalue weighted by molar-refractivity contribution is 0.527. The molecule has 1 unspecified atom stereocenters. The lowest BCUT2D eigenvalue weighted by Gasteiger charge is -2.16. The highest BCUT2D eigenvalue weighted by Gasteiger charge is 2.23. The maximum atomic E-state index is 12.3. The van der Waals surface area contributed by atoms with Gasteiger partial charge < -0.3 is 5.73 Å². The van der Waals surface area contributed by atoms with E-state index >= 15 is 0 Å². The van der Waals surface area contributed by atoms with Crippen LogP contribution in [-0.2, 0) is 10.0 Å². The number of hydrogen-bond donors (Lipinski definition) is 2. The zero-order valence-corrected chi connectivity index (χ0v) is 13.9. The van der Waals surface area contributed by atoms with E-state index < -0.39 is 10.0 Å². The number of anilines is 1. The lowest BCUT2D eigenvalue weighted by Crippen LogP contribution is -2.33. The number of benzene rings is 1. The molecule has 20 heavy (non-hydrogen) atoms. The molecule has 0 bridgehead atoms. The molecule has 7 heteroatoms. The maximum Gasteiger partial charge on any atom is 0.243 e. The van der Waals surface area contributed by atoms with Gasteiger partial charge in [0.05, 0.1) is 10.0 Å². The summed E-state index contributed by atoms with van der Waals surface area (Å²) in [7, 11) is -3.74. The number of rotatable bonds is 7. The summed E-state index contributed by atoms with van der Waals surface area (Å²) in [5.74, 6) is 0. The van der Waals surface area contributed by atoms with Gasteiger partial charge in [0, 0.05) is 11.7 Å². The van der Waals surface area contributed by atoms with E-state index in [0.29, 0.717) is 5.69 Å². The Balaban J connectivity index is 2.89. The second-order valence-corrected chi connectivity index (χ2v) is 7.30. The maximum absolute atomic E-state index is 12.3. The van der Waals surface area contributed by atoms with E-state index in [0.717, 1.165) is 25.7 Å². The van der Waals surface area contributed by atoms with Crippen LogP contribution in [0, 0.1) is 0 Å². The zero-order chi connectivity index (χ0) is 15.3. The predicted molar refractivity (Wildman–Crippen MR) is 84.8 cm³/mol. The lowest BCUT2D eigenvalue weighted by atomic mass is 10.1. The van der Waals surface area contributed by atoms with Crippen LogP contribution in [0.3, 0.4) is 0 Å². The Hall–Kier alpha value is -0.490. The van der Waals surface area contributed by atoms with Gasteiger partial charge in [0.1, 0.15) is 4.90 Å². The third-order valence-corrected chi connectivity index (χ3v) is 5.40. The van der Waals surface area contributed by atoms with Gasteiger partial charge in [-0.2, -0.15) is 0 Å². The van der Waals surface area contributed by atoms with Gasteiger partial charge in [0.25, 0.3) is 0 Å². The molecule has 0 saturated carbocycles. The van der Waals surface area contributed by atoms with Gasteiger partial charge in [0.15, 0.2) is 0 Å². The first-order valence-electron chi connectivity index (χ1n) is 6.54. The van der Waals surface area contributed by atoms with Gasteiger partial charge in [-0.25, -0.2) is 13.1 Å². The molecule has 0 aliphatic heterocycles. The Morgan fingerprint density at radius 1 is 1.25 bits per heavy atom. The van der Waals surface area contributed by atoms with E-state index in [2.05, 4.69) is 11.6 Å². The number of sulfonamides is 1. The Kier molecular flexibility index (Phi) is 6.58. The summed E-state index contributed by atoms with van der Waals surface area (Å²) in [5.41, 5.74) is 5.90. The first-order valence-corrected chi connectivity index (χ1v) is 8.78. The predicted octanol–water partition coefficient (Wildman–Crippen LogP) is 3.82. The molecule has 0 aromatic heterocycles. The highest BCUT2D eigenvalue weighted by molar-refractivity contribution is 7.89. The first kappa shape index (κ1) is 17.6. The summed E-state index contributed by atoms with van der Waals surface area (Å²) < 4.78 is 27.2. The van der Waals surface area contributed by atoms with Gasteiger partial charge >= 0.3 is 0 Å². The van der Waals surface area contributed by atoms with Crippen LogP contribution in [0.15, 0.2) is 17.0 Å². The molecule has 1 atom stereocenters. The minimum absolute atomic E-state index is 0.0308. The Labute approximate surface area is 130 Å². The Morgan fingerprint density at radius 3 is 2.30 bits per heavy atom. The fourth-order valence-corrected chi connectivity index (χ4v) is 4.43. The van der Waals surface area contributed by atoms with Crippen molar-refractivity contribution in [1.82, 2.24) is 4.72 Å². The van der Waals surface area contributed by atoms with Gasteiger partial charge in [-0.1, -0.05) is 49.4 Å². The normalized spacial score (nSPS) is 13.4. The molecule has 0 amide bonds. The molecule has 0 spiro atoms. The number of unbranched alkanes of at least 4 members (excludes halogenated alkanes) is 2. The van der Waals surface area contributed by atoms with Crippen molar-refractivity contribution in [2.75, 3.05) is 5.73 Å². The molecule has 1 aromatic rings. The van der Waals surface area contributed by atoms with Gasteiger partial charge in [-0.3, -0.25) is 0 Å². The van der Waals surface area contributed by atoms with Gasteiger partial charge in [-0.15, -0.1) is 0 Å². The molecular weight excluding hydrogens is 319 g/mol. The van der Waals surface area contributed by atoms with Crippen molar-refractivity contribution in [2.24, 2.45) is 0 Å². The topological polar surface area (TPSA) is 72.2 Å². The molecule has 0 aliphatic carbocycles. The number of nitrogen functional groups attached to an aromatic ring is 1. The van der Waals surface area contributed by atoms with Crippen molar-refractivity contribution in [1.29, 1.82) is 0 Å². The van der Waals surface area contributed by atoms with Gasteiger partial charge in [-0.05, 0) is 25.5 Å². The van der Waals surface area contributed by atoms with Crippen LogP contribution in [0.1, 0.15) is 39.5 Å². The van der Waals surface area contributed by atoms with Crippen LogP contribution in [0.25, 0.3) is 0 Å². The van der Waals surface area contributed by atoms with E-state index in [9.17, 15) is 8.42 Å². The Morgan fingerprint density at radius 2 is 1.80 bits per heavy atom. The third kappa shape index (κ3) is 4.81. The van der Waals surface area contributed by atoms with Crippen LogP contribution >= 0.6 is 23.2 Å². The van der Waals surface area contributed by atoms with Crippen molar-refractivity contribution in [3.8, 4) is 0 Å². The summed E-state index contributed by atoms with van der Waals surface area (Å²) in [6, 6.07) is 2.59. The molecule has 1 rings (SSSR count). The summed E-state index contributed by atoms with van der Waals surface area (Å²) in [5, 5.41) is 0.0616. The molecule has 0 fully saturated rings. The van der Waals surface area contributed by atoms with Crippen LogP contribution in [-0.4, -0.2) is 14.5 Å². The molecule has 1 aromatic carbocycles. The van der Waals surface area contributed by atoms with Crippen molar-refractivity contribution < 1.29 is 8.42 Å². The van der Waals surface area contributed by atoms with Crippen molar-refractivity contribution in [3.05, 3.63) is 22.2 Å². The first-order chi connectivity index (χ1) is 9.27. The second kappa shape index (κ2) is 7.50. The van der Waals surface area contributed by atoms with Crippen molar-refractivity contribution >= 4 is 38.9 Å². The fraction of sp³-hybridized carbons (Fsp3) is 0.538. The summed E-state index contributed by atoms with van der Waals surface area (Å²) in [6.07, 6.45) is 3.92. The summed E-state index contributed by atoms with van der Waals surface area (Å²) >= 11 is 11.9. The monoisotopic (exact) mass is 338 g/mol. The quantitative estimate of drug-likeness (QED) is 0.586. The smallest absolute Gasteiger partial charge is 0.243 e. The number of halogens is 2. The van der Waals surface area contributed by atoms with E-state index in [1.807, 2.05) is 6.92 Å². The van der Waals surface area contributed by atoms with E-state index in [-0.39, 0.29) is 21.0 Å². The van der Waals surface area contributed by atoms with Crippen LogP contribution < -0.4 is 10.5 Å². The minimum Gasteiger partial charge on any atom is -0.399 e. The molecule has 0 aliphatic rings. The number of hydrogen-bond acceptors (Lipinski definition) is 3. The minimum atomic E-state index is -3.74. The zero-order valence-electron chi connectivity index (χ0n) is 11.6. The number of nitrogens with one attached hydrogen (secondary N) is 1. The molecule has 3 N–H and O–H groups in total. The molecule has 0 heterocycles. The van der Waals surface area contributed by atoms with Crippen molar-refractivity contribution in [3.63, 3.8) is 0 Å². The van der Waals surface area contributed by atoms with E-state index in [1.165, 1.54) is 12.1 Å². The fourth-order valence-electron chi connectivity index (χ4n) is 1.92. The van der Waals surface area contributed by atoms with Crippen LogP contribution in [0.4, 0.5) is 5.69 Å². The Bertz CT molecular complexity index is 538. The second-order valence-electron chi connectivity index (χ2n) is 4.83. The number of nitrogens with two attached hydrogens (primary N) is 1. The van der Waals surface area contributed by atoms with Crippen molar-refractivity contribution in [2.45, 2.75) is 50.5 Å². The standard InChI is InChI=1S/C13H20Cl2N2O2S/c1-3-4-5-6-9(2)17-20(18,19)13-11(14)7-10(16)8-12(13)15/h7-9,17H,3-6,16H2,1-2H3. The average molecular weight is 339 g/mol. The van der Waals surface area contributed by atoms with Crippen LogP contribution in [0.5, 0.6) is 0 Å². The summed E-state index contributed by atoms with van der Waals surface area (Å²) in [6.45, 7) is 3.93. The highest BCUT2D eigenvalue weighted by Crippen LogP contribution is 2.31. The van der Waals surface area contributed by atoms with Crippen LogP contribution in [0.2, 0.25) is 10.0 Å². The SMILES string of the molecule is CCCCCC(C)NS(=O)(=O)c1c(Cl)cc(N)cc1Cl. The highest BCUT2D eigenvalue weighted by atomic mass is 35.5. The summed E-state index contributed by atoms with van der Waals surface area (Å²) in [4.78, 5) is -0.114. The average Bonchev–Trinajstić information content (AvgIpc) is 2.26. The van der Waals surface area contributed by atoms with E-state index in [4.69, 9.17) is 28.9 Å². The molecule has 114 valence electrons. The third-order valence-electron chi connectivity index (χ3n) is 2.89. The largest absolute Gasteiger partial charge is 0.399 e. The van der Waals surface area contributed by atoms with E-state index in [1.54, 1.807) is 0 Å². The molecular formula is C13H20Cl2N2O2S. The molecule has 0 saturated heterocycles. The molecule has 0 radical (unpaired) electrons.